The summed E-state index contributed by atoms with van der Waals surface area (Å²) in [5, 5.41) is 19.8. The normalized spacial score (nSPS) is 12.2. The number of ketones is 1. The number of benzene rings is 1. The lowest BCUT2D eigenvalue weighted by molar-refractivity contribution is -0.108. The van der Waals surface area contributed by atoms with Gasteiger partial charge in [0.1, 0.15) is 24.3 Å². The summed E-state index contributed by atoms with van der Waals surface area (Å²) in [6.45, 7) is 7.78. The summed E-state index contributed by atoms with van der Waals surface area (Å²) in [4.78, 5) is 23.8. The fraction of sp³-hybridized carbons (Fsp3) is 0.480. The summed E-state index contributed by atoms with van der Waals surface area (Å²) < 4.78 is 12.0. The minimum Gasteiger partial charge on any atom is -0.497 e. The van der Waals surface area contributed by atoms with Crippen LogP contribution < -0.4 is 15.4 Å². The van der Waals surface area contributed by atoms with Crippen molar-refractivity contribution >= 4 is 23.0 Å². The largest absolute Gasteiger partial charge is 0.497 e. The van der Waals surface area contributed by atoms with Crippen molar-refractivity contribution in [3.05, 3.63) is 47.5 Å². The average Bonchev–Trinajstić information content (AvgIpc) is 3.25. The number of unbranched alkanes of at least 4 members (excludes halogenated alkanes) is 1. The summed E-state index contributed by atoms with van der Waals surface area (Å²) in [5.74, 6) is 0.891. The molecule has 0 saturated carbocycles. The highest BCUT2D eigenvalue weighted by Crippen LogP contribution is 2.26. The molecule has 0 bridgehead atoms. The van der Waals surface area contributed by atoms with Crippen molar-refractivity contribution in [3.8, 4) is 5.75 Å². The van der Waals surface area contributed by atoms with Crippen molar-refractivity contribution in [2.75, 3.05) is 40.5 Å². The fourth-order valence-electron chi connectivity index (χ4n) is 3.05. The number of rotatable bonds is 11. The molecule has 0 atom stereocenters. The zero-order chi connectivity index (χ0) is 25.3. The van der Waals surface area contributed by atoms with E-state index in [-0.39, 0.29) is 37.8 Å². The predicted molar refractivity (Wildman–Crippen MR) is 134 cm³/mol. The lowest BCUT2D eigenvalue weighted by Gasteiger charge is -2.16. The number of methoxy groups -OCH3 is 1. The molecule has 0 saturated heterocycles. The van der Waals surface area contributed by atoms with E-state index in [9.17, 15) is 9.59 Å². The number of nitrogens with zero attached hydrogens (tertiary/aromatic N) is 2. The maximum atomic E-state index is 12.9. The van der Waals surface area contributed by atoms with Gasteiger partial charge in [0.25, 0.3) is 0 Å². The van der Waals surface area contributed by atoms with E-state index < -0.39 is 0 Å². The van der Waals surface area contributed by atoms with Crippen LogP contribution in [0.15, 0.2) is 41.8 Å². The van der Waals surface area contributed by atoms with Gasteiger partial charge in [0.2, 0.25) is 5.78 Å². The first kappa shape index (κ1) is 28.9. The third-order valence-corrected chi connectivity index (χ3v) is 4.73. The van der Waals surface area contributed by atoms with E-state index in [1.807, 2.05) is 20.9 Å². The van der Waals surface area contributed by atoms with Crippen molar-refractivity contribution in [1.82, 2.24) is 20.4 Å². The van der Waals surface area contributed by atoms with Crippen LogP contribution in [0.3, 0.4) is 0 Å². The third-order valence-electron chi connectivity index (χ3n) is 4.73. The van der Waals surface area contributed by atoms with E-state index in [0.717, 1.165) is 12.8 Å². The number of fused-ring (bicyclic) bond motifs is 1. The summed E-state index contributed by atoms with van der Waals surface area (Å²) in [6, 6.07) is 5.26. The van der Waals surface area contributed by atoms with Crippen LogP contribution in [0.1, 0.15) is 44.1 Å². The van der Waals surface area contributed by atoms with Crippen LogP contribution in [0.5, 0.6) is 5.75 Å². The first-order valence-corrected chi connectivity index (χ1v) is 11.6. The standard InChI is InChI=1S/C18H19N3O5.C5H13N.C2H6/c1-25-13-3-4-14-15(10-13)21(6-7-22)20-17(14)18(24)12-2-5-16(19-11-12)26-9-8-23;1-3-4-5-6-2;1-2/h2-5,7,10,19,23H,6,8-9,11H2,1H3;6H,3-5H2,1-2H3;1-2H3. The molecule has 3 rings (SSSR count). The van der Waals surface area contributed by atoms with Gasteiger partial charge in [0.05, 0.1) is 25.8 Å². The highest BCUT2D eigenvalue weighted by molar-refractivity contribution is 6.15. The molecule has 0 radical (unpaired) electrons. The maximum Gasteiger partial charge on any atom is 0.211 e. The predicted octanol–water partition coefficient (Wildman–Crippen LogP) is 2.84. The molecule has 9 heteroatoms. The lowest BCUT2D eigenvalue weighted by atomic mass is 10.0. The van der Waals surface area contributed by atoms with Crippen LogP contribution in [0.4, 0.5) is 0 Å². The van der Waals surface area contributed by atoms with Gasteiger partial charge in [-0.05, 0) is 44.3 Å². The summed E-state index contributed by atoms with van der Waals surface area (Å²) in [6.07, 6.45) is 6.63. The first-order chi connectivity index (χ1) is 16.6. The summed E-state index contributed by atoms with van der Waals surface area (Å²) in [5.41, 5.74) is 1.46. The highest BCUT2D eigenvalue weighted by atomic mass is 16.5. The van der Waals surface area contributed by atoms with Crippen LogP contribution in [0, 0.1) is 0 Å². The van der Waals surface area contributed by atoms with E-state index in [1.165, 1.54) is 17.5 Å². The molecule has 9 nitrogen and oxygen atoms in total. The van der Waals surface area contributed by atoms with Gasteiger partial charge in [0.15, 0.2) is 5.88 Å². The Morgan fingerprint density at radius 1 is 1.32 bits per heavy atom. The number of nitrogens with one attached hydrogen (secondary N) is 2. The molecule has 0 aliphatic carbocycles. The van der Waals surface area contributed by atoms with Gasteiger partial charge < -0.3 is 30.0 Å². The maximum absolute atomic E-state index is 12.9. The summed E-state index contributed by atoms with van der Waals surface area (Å²) >= 11 is 0. The van der Waals surface area contributed by atoms with Gasteiger partial charge in [-0.1, -0.05) is 27.2 Å². The molecule has 2 aromatic rings. The van der Waals surface area contributed by atoms with Gasteiger partial charge in [0, 0.05) is 23.6 Å². The molecule has 1 aliphatic heterocycles. The molecule has 1 aromatic carbocycles. The van der Waals surface area contributed by atoms with Crippen LogP contribution >= 0.6 is 0 Å². The van der Waals surface area contributed by atoms with Gasteiger partial charge in [-0.15, -0.1) is 0 Å². The van der Waals surface area contributed by atoms with E-state index in [0.29, 0.717) is 28.1 Å². The second kappa shape index (κ2) is 16.4. The second-order valence-corrected chi connectivity index (χ2v) is 7.02. The fourth-order valence-corrected chi connectivity index (χ4v) is 3.05. The number of dihydropyridines is 1. The first-order valence-electron chi connectivity index (χ1n) is 11.6. The Morgan fingerprint density at radius 2 is 2.09 bits per heavy atom. The molecule has 0 unspecified atom stereocenters. The van der Waals surface area contributed by atoms with Gasteiger partial charge in [-0.2, -0.15) is 5.10 Å². The smallest absolute Gasteiger partial charge is 0.211 e. The number of ether oxygens (including phenoxy) is 2. The number of aliphatic hydroxyl groups excluding tert-OH is 1. The molecule has 1 aliphatic rings. The molecule has 0 spiro atoms. The molecule has 0 fully saturated rings. The number of hydrogen-bond donors (Lipinski definition) is 3. The van der Waals surface area contributed by atoms with Crippen LogP contribution in [-0.2, 0) is 16.1 Å². The van der Waals surface area contributed by atoms with Crippen molar-refractivity contribution in [3.63, 3.8) is 0 Å². The molecule has 188 valence electrons. The van der Waals surface area contributed by atoms with E-state index in [4.69, 9.17) is 14.6 Å². The molecule has 2 heterocycles. The average molecular weight is 475 g/mol. The molecule has 0 amide bonds. The summed E-state index contributed by atoms with van der Waals surface area (Å²) in [7, 11) is 3.53. The molecule has 34 heavy (non-hydrogen) atoms. The lowest BCUT2D eigenvalue weighted by Crippen LogP contribution is -2.26. The van der Waals surface area contributed by atoms with Crippen LogP contribution in [0.2, 0.25) is 0 Å². The molecular weight excluding hydrogens is 436 g/mol. The topological polar surface area (TPSA) is 115 Å². The van der Waals surface area contributed by atoms with Gasteiger partial charge in [-0.25, -0.2) is 0 Å². The van der Waals surface area contributed by atoms with Crippen molar-refractivity contribution in [2.24, 2.45) is 0 Å². The van der Waals surface area contributed by atoms with E-state index in [1.54, 1.807) is 37.5 Å². The van der Waals surface area contributed by atoms with Crippen molar-refractivity contribution < 1.29 is 24.2 Å². The monoisotopic (exact) mass is 474 g/mol. The molecule has 1 aromatic heterocycles. The Hall–Kier alpha value is -3.17. The van der Waals surface area contributed by atoms with Crippen molar-refractivity contribution in [1.29, 1.82) is 0 Å². The number of aromatic nitrogens is 2. The number of aldehydes is 1. The Balaban J connectivity index is 0.000000631. The van der Waals surface area contributed by atoms with Crippen LogP contribution in [-0.4, -0.2) is 67.4 Å². The highest BCUT2D eigenvalue weighted by Gasteiger charge is 2.22. The Bertz CT molecular complexity index is 962. The number of carbonyl (C=O) groups is 2. The van der Waals surface area contributed by atoms with Crippen molar-refractivity contribution in [2.45, 2.75) is 40.2 Å². The quantitative estimate of drug-likeness (QED) is 0.259. The molecule has 3 N–H and O–H groups in total. The minimum absolute atomic E-state index is 0.0489. The van der Waals surface area contributed by atoms with Crippen LogP contribution in [0.25, 0.3) is 10.9 Å². The Kier molecular flexibility index (Phi) is 14.0. The zero-order valence-corrected chi connectivity index (χ0v) is 20.9. The SMILES string of the molecule is CC.CCCCNC.COc1ccc2c(C(=O)C3=CC=C(OCCO)NC3)nn(CC=O)c2c1. The number of hydrogen-bond acceptors (Lipinski definition) is 8. The zero-order valence-electron chi connectivity index (χ0n) is 20.9. The number of Topliss-reactive ketones (excluding diaryl/α,β-unsaturated/α-hetero) is 1. The number of aliphatic hydroxyl groups is 1. The second-order valence-electron chi connectivity index (χ2n) is 7.02. The van der Waals surface area contributed by atoms with Gasteiger partial charge >= 0.3 is 0 Å². The third kappa shape index (κ3) is 8.31. The Labute approximate surface area is 201 Å². The minimum atomic E-state index is -0.227. The number of allylic oxidation sites excluding steroid dienone is 2. The Morgan fingerprint density at radius 3 is 2.62 bits per heavy atom. The van der Waals surface area contributed by atoms with E-state index >= 15 is 0 Å². The molecular formula is C25H38N4O5. The number of carbonyl (C=O) groups excluding carboxylic acids is 2. The van der Waals surface area contributed by atoms with E-state index in [2.05, 4.69) is 22.7 Å². The van der Waals surface area contributed by atoms with Gasteiger partial charge in [-0.3, -0.25) is 9.48 Å².